The van der Waals surface area contributed by atoms with Gasteiger partial charge in [0.25, 0.3) is 0 Å². The van der Waals surface area contributed by atoms with Crippen molar-refractivity contribution in [3.05, 3.63) is 45.9 Å². The molecular formula is C14H9Cl3MgN2OS. The fourth-order valence-electron chi connectivity index (χ4n) is 2.16. The van der Waals surface area contributed by atoms with Crippen LogP contribution in [0, 0.1) is 6.92 Å². The Bertz CT molecular complexity index is 796. The van der Waals surface area contributed by atoms with E-state index in [2.05, 4.69) is 9.36 Å². The summed E-state index contributed by atoms with van der Waals surface area (Å²) in [6.07, 6.45) is 0.819. The lowest BCUT2D eigenvalue weighted by Crippen LogP contribution is -1.98. The molecule has 3 aromatic rings. The molecular weight excluding hydrogens is 375 g/mol. The number of aryl methyl sites for hydroxylation is 1. The predicted octanol–water partition coefficient (Wildman–Crippen LogP) is 5.13. The highest BCUT2D eigenvalue weighted by atomic mass is 35.6. The number of rotatable bonds is 2. The number of hydrogen-bond donors (Lipinski definition) is 0. The maximum atomic E-state index is 11.4. The van der Waals surface area contributed by atoms with Gasteiger partial charge in [0.05, 0.1) is 16.2 Å². The summed E-state index contributed by atoms with van der Waals surface area (Å²) in [6, 6.07) is 7.42. The highest BCUT2D eigenvalue weighted by molar-refractivity contribution is 7.22. The SMILES string of the molecule is Cc1nc2cccc(Cl)c2c(-c2ccsn2)c1C=O.[Cl][Mg][Cl]. The molecule has 0 aliphatic rings. The lowest BCUT2D eigenvalue weighted by Gasteiger charge is -2.11. The maximum absolute atomic E-state index is 11.4. The Hall–Kier alpha value is -0.434. The number of nitrogens with zero attached hydrogens (tertiary/aromatic N) is 2. The first-order valence-electron chi connectivity index (χ1n) is 6.20. The number of carbonyl (C=O) groups excluding carboxylic acids is 1. The van der Waals surface area contributed by atoms with Gasteiger partial charge in [0, 0.05) is 27.6 Å². The fourth-order valence-corrected chi connectivity index (χ4v) is 2.94. The van der Waals surface area contributed by atoms with E-state index in [0.717, 1.165) is 28.4 Å². The summed E-state index contributed by atoms with van der Waals surface area (Å²) in [4.78, 5) is 15.8. The molecule has 0 saturated carbocycles. The molecule has 0 amide bonds. The standard InChI is InChI=1S/C14H9ClN2OS.2ClH.Mg/c1-8-9(7-18)13(12-5-6-19-17-12)14-10(15)3-2-4-11(14)16-8;;;/h2-7H,1H3;2*1H;/q;;;+2/p-2. The Morgan fingerprint density at radius 2 is 2.00 bits per heavy atom. The largest absolute Gasteiger partial charge is 0.618 e. The van der Waals surface area contributed by atoms with E-state index in [1.807, 2.05) is 30.5 Å². The van der Waals surface area contributed by atoms with Crippen LogP contribution in [0.15, 0.2) is 29.6 Å². The lowest BCUT2D eigenvalue weighted by atomic mass is 9.99. The summed E-state index contributed by atoms with van der Waals surface area (Å²) in [6.45, 7) is 1.82. The van der Waals surface area contributed by atoms with Crippen LogP contribution in [0.3, 0.4) is 0 Å². The van der Waals surface area contributed by atoms with Crippen molar-refractivity contribution in [3.63, 3.8) is 0 Å². The minimum Gasteiger partial charge on any atom is -0.309 e. The third-order valence-corrected chi connectivity index (χ3v) is 3.88. The highest BCUT2D eigenvalue weighted by Gasteiger charge is 2.17. The first kappa shape index (κ1) is 17.9. The molecule has 0 aliphatic heterocycles. The minimum atomic E-state index is -0.639. The van der Waals surface area contributed by atoms with Crippen LogP contribution in [-0.2, 0) is 0 Å². The fraction of sp³-hybridized carbons (Fsp3) is 0.0714. The normalized spacial score (nSPS) is 9.82. The molecule has 0 atom stereocenters. The molecule has 0 aliphatic carbocycles. The van der Waals surface area contributed by atoms with Crippen molar-refractivity contribution in [1.82, 2.24) is 9.36 Å². The van der Waals surface area contributed by atoms with Crippen molar-refractivity contribution < 1.29 is 4.79 Å². The van der Waals surface area contributed by atoms with Crippen molar-refractivity contribution in [2.75, 3.05) is 0 Å². The molecule has 110 valence electrons. The smallest absolute Gasteiger partial charge is 0.309 e. The molecule has 3 rings (SSSR count). The number of aldehydes is 1. The molecule has 2 aromatic heterocycles. The van der Waals surface area contributed by atoms with Crippen LogP contribution >= 0.6 is 41.3 Å². The van der Waals surface area contributed by atoms with Crippen LogP contribution in [0.2, 0.25) is 5.02 Å². The Morgan fingerprint density at radius 3 is 2.59 bits per heavy atom. The highest BCUT2D eigenvalue weighted by Crippen LogP contribution is 2.35. The number of pyridine rings is 1. The van der Waals surface area contributed by atoms with E-state index in [0.29, 0.717) is 16.3 Å². The second kappa shape index (κ2) is 8.43. The summed E-state index contributed by atoms with van der Waals surface area (Å²) in [5, 5.41) is 3.24. The van der Waals surface area contributed by atoms with Gasteiger partial charge in [-0.2, -0.15) is 4.37 Å². The van der Waals surface area contributed by atoms with E-state index >= 15 is 0 Å². The van der Waals surface area contributed by atoms with Gasteiger partial charge in [0.15, 0.2) is 6.29 Å². The Morgan fingerprint density at radius 1 is 1.27 bits per heavy atom. The van der Waals surface area contributed by atoms with Crippen LogP contribution in [0.25, 0.3) is 22.2 Å². The van der Waals surface area contributed by atoms with Gasteiger partial charge in [-0.3, -0.25) is 9.78 Å². The molecule has 0 saturated heterocycles. The zero-order valence-electron chi connectivity index (χ0n) is 11.5. The van der Waals surface area contributed by atoms with Gasteiger partial charge < -0.3 is 18.1 Å². The van der Waals surface area contributed by atoms with Crippen LogP contribution in [0.4, 0.5) is 0 Å². The number of halogens is 3. The van der Waals surface area contributed by atoms with Crippen molar-refractivity contribution in [2.45, 2.75) is 6.92 Å². The number of aromatic nitrogens is 2. The van der Waals surface area contributed by atoms with Gasteiger partial charge in [0.2, 0.25) is 0 Å². The van der Waals surface area contributed by atoms with Gasteiger partial charge in [-0.1, -0.05) is 17.7 Å². The topological polar surface area (TPSA) is 42.9 Å². The zero-order chi connectivity index (χ0) is 16.1. The first-order valence-corrected chi connectivity index (χ1v) is 11.7. The van der Waals surface area contributed by atoms with Crippen molar-refractivity contribution in [2.24, 2.45) is 0 Å². The van der Waals surface area contributed by atoms with Crippen molar-refractivity contribution in [3.8, 4) is 11.3 Å². The van der Waals surface area contributed by atoms with Gasteiger partial charge >= 0.3 is 18.2 Å². The molecule has 0 radical (unpaired) electrons. The Kier molecular flexibility index (Phi) is 6.86. The van der Waals surface area contributed by atoms with Crippen LogP contribution in [0.1, 0.15) is 16.1 Å². The average Bonchev–Trinajstić information content (AvgIpc) is 3.01. The van der Waals surface area contributed by atoms with E-state index in [4.69, 9.17) is 29.7 Å². The third kappa shape index (κ3) is 3.72. The maximum Gasteiger partial charge on any atom is 0.618 e. The van der Waals surface area contributed by atoms with E-state index in [1.54, 1.807) is 6.07 Å². The quantitative estimate of drug-likeness (QED) is 0.455. The molecule has 1 aromatic carbocycles. The number of benzene rings is 1. The van der Waals surface area contributed by atoms with Gasteiger partial charge in [-0.25, -0.2) is 0 Å². The monoisotopic (exact) mass is 382 g/mol. The Labute approximate surface area is 154 Å². The van der Waals surface area contributed by atoms with Gasteiger partial charge in [0.1, 0.15) is 0 Å². The van der Waals surface area contributed by atoms with Crippen LogP contribution < -0.4 is 0 Å². The summed E-state index contributed by atoms with van der Waals surface area (Å²) in [7, 11) is 9.81. The van der Waals surface area contributed by atoms with Crippen molar-refractivity contribution in [1.29, 1.82) is 0 Å². The zero-order valence-corrected chi connectivity index (χ0v) is 16.0. The first-order chi connectivity index (χ1) is 10.6. The average molecular weight is 384 g/mol. The number of fused-ring (bicyclic) bond motifs is 1. The number of carbonyl (C=O) groups is 1. The molecule has 0 unspecified atom stereocenters. The Balaban J connectivity index is 0.000000545. The second-order valence-electron chi connectivity index (χ2n) is 4.22. The molecule has 8 heteroatoms. The second-order valence-corrected chi connectivity index (χ2v) is 7.92. The summed E-state index contributed by atoms with van der Waals surface area (Å²) in [5.74, 6) is 0. The van der Waals surface area contributed by atoms with Crippen molar-refractivity contribution >= 4 is 76.6 Å². The van der Waals surface area contributed by atoms with Crippen LogP contribution in [-0.4, -0.2) is 33.8 Å². The predicted molar refractivity (Wildman–Crippen MR) is 95.4 cm³/mol. The molecule has 0 spiro atoms. The van der Waals surface area contributed by atoms with Crippen LogP contribution in [0.5, 0.6) is 0 Å². The molecule has 22 heavy (non-hydrogen) atoms. The van der Waals surface area contributed by atoms with E-state index < -0.39 is 18.2 Å². The molecule has 0 fully saturated rings. The summed E-state index contributed by atoms with van der Waals surface area (Å²) >= 11 is 6.99. The third-order valence-electron chi connectivity index (χ3n) is 3.00. The van der Waals surface area contributed by atoms with E-state index in [9.17, 15) is 4.79 Å². The molecule has 3 nitrogen and oxygen atoms in total. The van der Waals surface area contributed by atoms with E-state index in [1.165, 1.54) is 11.5 Å². The van der Waals surface area contributed by atoms with Gasteiger partial charge in [-0.15, -0.1) is 0 Å². The summed E-state index contributed by atoms with van der Waals surface area (Å²) < 4.78 is 4.32. The molecule has 0 bridgehead atoms. The lowest BCUT2D eigenvalue weighted by molar-refractivity contribution is 0.112. The molecule has 0 N–H and O–H groups in total. The minimum absolute atomic E-state index is 0.548. The number of hydrogen-bond acceptors (Lipinski definition) is 4. The summed E-state index contributed by atoms with van der Waals surface area (Å²) in [5.41, 5.74) is 3.54. The van der Waals surface area contributed by atoms with E-state index in [-0.39, 0.29) is 0 Å². The van der Waals surface area contributed by atoms with Gasteiger partial charge in [-0.05, 0) is 36.7 Å². The molecule has 2 heterocycles.